The van der Waals surface area contributed by atoms with Crippen LogP contribution in [0.5, 0.6) is 5.88 Å². The van der Waals surface area contributed by atoms with Crippen molar-refractivity contribution in [3.8, 4) is 5.88 Å². The van der Waals surface area contributed by atoms with Gasteiger partial charge < -0.3 is 15.4 Å². The van der Waals surface area contributed by atoms with Crippen LogP contribution in [0.2, 0.25) is 0 Å². The zero-order chi connectivity index (χ0) is 20.1. The average molecular weight is 409 g/mol. The van der Waals surface area contributed by atoms with Crippen LogP contribution in [-0.4, -0.2) is 62.5 Å². The van der Waals surface area contributed by atoms with Crippen molar-refractivity contribution < 1.29 is 26.3 Å². The number of guanidine groups is 1. The van der Waals surface area contributed by atoms with Crippen molar-refractivity contribution in [1.29, 1.82) is 0 Å². The summed E-state index contributed by atoms with van der Waals surface area (Å²) in [6.07, 6.45) is 2.15. The molecule has 12 heteroatoms. The molecule has 152 valence electrons. The van der Waals surface area contributed by atoms with E-state index in [1.807, 2.05) is 6.07 Å². The van der Waals surface area contributed by atoms with Crippen LogP contribution >= 0.6 is 0 Å². The predicted molar refractivity (Wildman–Crippen MR) is 93.7 cm³/mol. The van der Waals surface area contributed by atoms with Crippen molar-refractivity contribution in [1.82, 2.24) is 19.9 Å². The van der Waals surface area contributed by atoms with E-state index in [0.717, 1.165) is 5.56 Å². The Hall–Kier alpha value is -2.08. The van der Waals surface area contributed by atoms with Gasteiger partial charge in [-0.1, -0.05) is 6.07 Å². The predicted octanol–water partition coefficient (Wildman–Crippen LogP) is 1.07. The molecule has 8 nitrogen and oxygen atoms in total. The van der Waals surface area contributed by atoms with Crippen LogP contribution in [0, 0.1) is 0 Å². The smallest absolute Gasteiger partial charge is 0.481 e. The molecule has 0 unspecified atom stereocenters. The summed E-state index contributed by atoms with van der Waals surface area (Å²) < 4.78 is 66.1. The molecule has 1 aliphatic heterocycles. The Balaban J connectivity index is 1.84. The lowest BCUT2D eigenvalue weighted by Gasteiger charge is -2.32. The Morgan fingerprint density at radius 2 is 2.04 bits per heavy atom. The Labute approximate surface area is 155 Å². The molecule has 1 aromatic rings. The number of sulfonamides is 1. The van der Waals surface area contributed by atoms with Crippen molar-refractivity contribution >= 4 is 16.0 Å². The Kier molecular flexibility index (Phi) is 6.87. The first-order chi connectivity index (χ1) is 12.7. The average Bonchev–Trinajstić information content (AvgIpc) is 2.65. The van der Waals surface area contributed by atoms with Gasteiger partial charge in [0.15, 0.2) is 5.96 Å². The molecular weight excluding hydrogens is 387 g/mol. The number of piperidine rings is 1. The number of hydrogen-bond donors (Lipinski definition) is 2. The number of pyridine rings is 1. The highest BCUT2D eigenvalue weighted by atomic mass is 32.2. The zero-order valence-corrected chi connectivity index (χ0v) is 15.8. The Morgan fingerprint density at radius 3 is 2.52 bits per heavy atom. The molecule has 0 bridgehead atoms. The SMILES string of the molecule is CN=C(NCc1ccc(OC)nc1)NC1CCN(S(=O)(=O)C(F)(F)F)CC1. The van der Waals surface area contributed by atoms with Gasteiger partial charge in [-0.25, -0.2) is 13.4 Å². The van der Waals surface area contributed by atoms with E-state index in [-0.39, 0.29) is 32.0 Å². The van der Waals surface area contributed by atoms with E-state index >= 15 is 0 Å². The molecule has 1 aliphatic rings. The van der Waals surface area contributed by atoms with Crippen molar-refractivity contribution in [2.75, 3.05) is 27.2 Å². The molecule has 0 saturated carbocycles. The highest BCUT2D eigenvalue weighted by Gasteiger charge is 2.50. The Bertz CT molecular complexity index is 745. The van der Waals surface area contributed by atoms with E-state index in [1.165, 1.54) is 7.11 Å². The highest BCUT2D eigenvalue weighted by molar-refractivity contribution is 7.90. The molecule has 0 aromatic carbocycles. The van der Waals surface area contributed by atoms with Gasteiger partial charge in [-0.3, -0.25) is 4.99 Å². The maximum Gasteiger partial charge on any atom is 0.511 e. The standard InChI is InChI=1S/C15H22F3N5O3S/c1-19-14(21-10-11-3-4-13(26-2)20-9-11)22-12-5-7-23(8-6-12)27(24,25)15(16,17)18/h3-4,9,12H,5-8,10H2,1-2H3,(H2,19,21,22). The fourth-order valence-electron chi connectivity index (χ4n) is 2.60. The van der Waals surface area contributed by atoms with Crippen LogP contribution in [0.15, 0.2) is 23.3 Å². The molecule has 27 heavy (non-hydrogen) atoms. The summed E-state index contributed by atoms with van der Waals surface area (Å²) >= 11 is 0. The van der Waals surface area contributed by atoms with Crippen LogP contribution in [0.4, 0.5) is 13.2 Å². The minimum atomic E-state index is -5.27. The molecule has 2 N–H and O–H groups in total. The van der Waals surface area contributed by atoms with Crippen molar-refractivity contribution in [3.05, 3.63) is 23.9 Å². The van der Waals surface area contributed by atoms with Gasteiger partial charge in [0.2, 0.25) is 5.88 Å². The van der Waals surface area contributed by atoms with Gasteiger partial charge in [-0.2, -0.15) is 17.5 Å². The minimum absolute atomic E-state index is 0.176. The number of methoxy groups -OCH3 is 1. The Morgan fingerprint density at radius 1 is 1.37 bits per heavy atom. The molecule has 0 spiro atoms. The third-order valence-corrected chi connectivity index (χ3v) is 5.75. The molecule has 0 atom stereocenters. The number of aromatic nitrogens is 1. The topological polar surface area (TPSA) is 95.9 Å². The maximum atomic E-state index is 12.6. The molecule has 0 aliphatic carbocycles. The second-order valence-corrected chi connectivity index (χ2v) is 7.83. The molecule has 1 fully saturated rings. The second kappa shape index (κ2) is 8.74. The van der Waals surface area contributed by atoms with Crippen LogP contribution < -0.4 is 15.4 Å². The lowest BCUT2D eigenvalue weighted by Crippen LogP contribution is -2.51. The largest absolute Gasteiger partial charge is 0.511 e. The van der Waals surface area contributed by atoms with Crippen molar-refractivity contribution in [3.63, 3.8) is 0 Å². The van der Waals surface area contributed by atoms with E-state index in [2.05, 4.69) is 20.6 Å². The molecule has 2 heterocycles. The summed E-state index contributed by atoms with van der Waals surface area (Å²) in [7, 11) is -2.17. The lowest BCUT2D eigenvalue weighted by molar-refractivity contribution is -0.0494. The maximum absolute atomic E-state index is 12.6. The van der Waals surface area contributed by atoms with Gasteiger partial charge in [0, 0.05) is 45.0 Å². The number of nitrogens with zero attached hydrogens (tertiary/aromatic N) is 3. The number of aliphatic imine (C=N–C) groups is 1. The van der Waals surface area contributed by atoms with Gasteiger partial charge in [-0.05, 0) is 18.4 Å². The first-order valence-electron chi connectivity index (χ1n) is 8.20. The van der Waals surface area contributed by atoms with E-state index in [1.54, 1.807) is 19.3 Å². The van der Waals surface area contributed by atoms with Gasteiger partial charge in [0.05, 0.1) is 7.11 Å². The van der Waals surface area contributed by atoms with Crippen LogP contribution in [0.1, 0.15) is 18.4 Å². The van der Waals surface area contributed by atoms with E-state index in [9.17, 15) is 21.6 Å². The number of hydrogen-bond acceptors (Lipinski definition) is 5. The third-order valence-electron chi connectivity index (χ3n) is 4.12. The molecule has 1 saturated heterocycles. The normalized spacial score (nSPS) is 17.6. The monoisotopic (exact) mass is 409 g/mol. The third kappa shape index (κ3) is 5.45. The van der Waals surface area contributed by atoms with Gasteiger partial charge in [0.1, 0.15) is 0 Å². The summed E-state index contributed by atoms with van der Waals surface area (Å²) in [5.74, 6) is 0.977. The second-order valence-electron chi connectivity index (χ2n) is 5.90. The summed E-state index contributed by atoms with van der Waals surface area (Å²) in [5.41, 5.74) is -4.37. The molecule has 0 radical (unpaired) electrons. The van der Waals surface area contributed by atoms with Gasteiger partial charge in [-0.15, -0.1) is 0 Å². The van der Waals surface area contributed by atoms with Crippen molar-refractivity contribution in [2.45, 2.75) is 30.9 Å². The number of halogens is 3. The van der Waals surface area contributed by atoms with Gasteiger partial charge in [0.25, 0.3) is 0 Å². The first kappa shape index (κ1) is 21.2. The fourth-order valence-corrected chi connectivity index (χ4v) is 3.58. The van der Waals surface area contributed by atoms with E-state index in [0.29, 0.717) is 22.7 Å². The van der Waals surface area contributed by atoms with Crippen LogP contribution in [0.25, 0.3) is 0 Å². The lowest BCUT2D eigenvalue weighted by atomic mass is 10.1. The molecule has 2 rings (SSSR count). The van der Waals surface area contributed by atoms with Crippen LogP contribution in [-0.2, 0) is 16.6 Å². The van der Waals surface area contributed by atoms with Crippen molar-refractivity contribution in [2.24, 2.45) is 4.99 Å². The van der Waals surface area contributed by atoms with Crippen LogP contribution in [0.3, 0.4) is 0 Å². The number of rotatable bonds is 5. The summed E-state index contributed by atoms with van der Waals surface area (Å²) in [6, 6.07) is 3.39. The van der Waals surface area contributed by atoms with E-state index in [4.69, 9.17) is 4.74 Å². The summed E-state index contributed by atoms with van der Waals surface area (Å²) in [4.78, 5) is 8.17. The summed E-state index contributed by atoms with van der Waals surface area (Å²) in [6.45, 7) is 0.0514. The number of alkyl halides is 3. The first-order valence-corrected chi connectivity index (χ1v) is 9.64. The number of nitrogens with one attached hydrogen (secondary N) is 2. The quantitative estimate of drug-likeness (QED) is 0.558. The minimum Gasteiger partial charge on any atom is -0.481 e. The van der Waals surface area contributed by atoms with Gasteiger partial charge >= 0.3 is 15.5 Å². The fraction of sp³-hybridized carbons (Fsp3) is 0.600. The van der Waals surface area contributed by atoms with E-state index < -0.39 is 15.5 Å². The number of ether oxygens (including phenoxy) is 1. The molecule has 0 amide bonds. The molecule has 1 aromatic heterocycles. The summed E-state index contributed by atoms with van der Waals surface area (Å²) in [5, 5.41) is 6.18. The zero-order valence-electron chi connectivity index (χ0n) is 15.0. The molecular formula is C15H22F3N5O3S. The highest BCUT2D eigenvalue weighted by Crippen LogP contribution is 2.28.